The summed E-state index contributed by atoms with van der Waals surface area (Å²) in [5.41, 5.74) is 1.87. The topological polar surface area (TPSA) is 77.5 Å². The molecular formula is C21H19FN2O4S. The van der Waals surface area contributed by atoms with Gasteiger partial charge in [0.1, 0.15) is 16.6 Å². The van der Waals surface area contributed by atoms with Crippen LogP contribution in [-0.2, 0) is 16.0 Å². The Morgan fingerprint density at radius 3 is 2.52 bits per heavy atom. The van der Waals surface area contributed by atoms with Crippen LogP contribution in [0.1, 0.15) is 16.1 Å². The molecule has 0 spiro atoms. The predicted molar refractivity (Wildman–Crippen MR) is 107 cm³/mol. The van der Waals surface area contributed by atoms with Crippen LogP contribution in [0.15, 0.2) is 53.9 Å². The van der Waals surface area contributed by atoms with Crippen LogP contribution < -0.4 is 10.1 Å². The molecule has 1 aromatic heterocycles. The van der Waals surface area contributed by atoms with E-state index < -0.39 is 5.97 Å². The van der Waals surface area contributed by atoms with E-state index in [1.807, 2.05) is 24.3 Å². The third kappa shape index (κ3) is 5.86. The van der Waals surface area contributed by atoms with Crippen LogP contribution in [-0.4, -0.2) is 37.1 Å². The number of hydrogen-bond acceptors (Lipinski definition) is 6. The molecular weight excluding hydrogens is 395 g/mol. The van der Waals surface area contributed by atoms with E-state index in [1.165, 1.54) is 23.5 Å². The average molecular weight is 414 g/mol. The molecule has 0 aliphatic heterocycles. The van der Waals surface area contributed by atoms with Gasteiger partial charge in [-0.2, -0.15) is 0 Å². The van der Waals surface area contributed by atoms with Gasteiger partial charge in [-0.3, -0.25) is 4.79 Å². The smallest absolute Gasteiger partial charge is 0.358 e. The Labute approximate surface area is 171 Å². The predicted octanol–water partition coefficient (Wildman–Crippen LogP) is 3.47. The van der Waals surface area contributed by atoms with E-state index >= 15 is 0 Å². The lowest BCUT2D eigenvalue weighted by Crippen LogP contribution is -2.30. The summed E-state index contributed by atoms with van der Waals surface area (Å²) in [6, 6.07) is 13.4. The van der Waals surface area contributed by atoms with Crippen molar-refractivity contribution < 1.29 is 23.5 Å². The van der Waals surface area contributed by atoms with Crippen molar-refractivity contribution in [1.29, 1.82) is 0 Å². The van der Waals surface area contributed by atoms with Gasteiger partial charge in [-0.05, 0) is 48.4 Å². The van der Waals surface area contributed by atoms with Gasteiger partial charge in [0.25, 0.3) is 5.91 Å². The van der Waals surface area contributed by atoms with Crippen molar-refractivity contribution in [2.24, 2.45) is 0 Å². The zero-order chi connectivity index (χ0) is 20.6. The maximum absolute atomic E-state index is 13.0. The molecule has 0 saturated carbocycles. The highest BCUT2D eigenvalue weighted by atomic mass is 32.1. The number of rotatable bonds is 8. The number of aromatic nitrogens is 1. The largest absolute Gasteiger partial charge is 0.497 e. The zero-order valence-corrected chi connectivity index (χ0v) is 16.5. The lowest BCUT2D eigenvalue weighted by atomic mass is 10.1. The quantitative estimate of drug-likeness (QED) is 0.571. The van der Waals surface area contributed by atoms with Crippen molar-refractivity contribution in [2.45, 2.75) is 6.42 Å². The Morgan fingerprint density at radius 2 is 1.83 bits per heavy atom. The Bertz CT molecular complexity index is 971. The fraction of sp³-hybridized carbons (Fsp3) is 0.190. The minimum atomic E-state index is -0.681. The van der Waals surface area contributed by atoms with E-state index in [0.717, 1.165) is 11.3 Å². The summed E-state index contributed by atoms with van der Waals surface area (Å²) in [5.74, 6) is -0.641. The summed E-state index contributed by atoms with van der Waals surface area (Å²) in [7, 11) is 1.60. The minimum absolute atomic E-state index is 0.111. The number of carbonyl (C=O) groups is 2. The highest BCUT2D eigenvalue weighted by Gasteiger charge is 2.15. The number of carbonyl (C=O) groups excluding carboxylic acids is 2. The normalized spacial score (nSPS) is 10.4. The van der Waals surface area contributed by atoms with E-state index in [4.69, 9.17) is 9.47 Å². The number of esters is 1. The van der Waals surface area contributed by atoms with Gasteiger partial charge in [-0.1, -0.05) is 12.1 Å². The number of halogens is 1. The number of nitrogens with one attached hydrogen (secondary N) is 1. The Kier molecular flexibility index (Phi) is 6.91. The molecule has 1 heterocycles. The average Bonchev–Trinajstić information content (AvgIpc) is 3.23. The van der Waals surface area contributed by atoms with E-state index in [0.29, 0.717) is 23.5 Å². The van der Waals surface area contributed by atoms with Gasteiger partial charge >= 0.3 is 5.97 Å². The van der Waals surface area contributed by atoms with Gasteiger partial charge in [-0.15, -0.1) is 11.3 Å². The maximum Gasteiger partial charge on any atom is 0.358 e. The standard InChI is InChI=1S/C21H19FN2O4S/c1-27-17-8-2-14(3-9-17)10-11-23-19(25)12-28-21(26)18-13-29-20(24-18)15-4-6-16(22)7-5-15/h2-9,13H,10-12H2,1H3,(H,23,25). The number of benzene rings is 2. The second-order valence-electron chi connectivity index (χ2n) is 6.07. The van der Waals surface area contributed by atoms with Gasteiger partial charge in [0.05, 0.1) is 7.11 Å². The summed E-state index contributed by atoms with van der Waals surface area (Å²) < 4.78 is 23.1. The first kappa shape index (κ1) is 20.5. The summed E-state index contributed by atoms with van der Waals surface area (Å²) in [5, 5.41) is 4.82. The third-order valence-corrected chi connectivity index (χ3v) is 4.93. The first-order valence-corrected chi connectivity index (χ1v) is 9.71. The highest BCUT2D eigenvalue weighted by molar-refractivity contribution is 7.13. The fourth-order valence-electron chi connectivity index (χ4n) is 2.49. The Balaban J connectivity index is 1.42. The molecule has 0 atom stereocenters. The first-order valence-electron chi connectivity index (χ1n) is 8.83. The molecule has 2 aromatic carbocycles. The number of ether oxygens (including phenoxy) is 2. The van der Waals surface area contributed by atoms with E-state index in [2.05, 4.69) is 10.3 Å². The van der Waals surface area contributed by atoms with Crippen LogP contribution in [0.5, 0.6) is 5.75 Å². The van der Waals surface area contributed by atoms with Crippen LogP contribution in [0.2, 0.25) is 0 Å². The summed E-state index contributed by atoms with van der Waals surface area (Å²) >= 11 is 1.24. The first-order chi connectivity index (χ1) is 14.0. The molecule has 8 heteroatoms. The molecule has 29 heavy (non-hydrogen) atoms. The van der Waals surface area contributed by atoms with Crippen LogP contribution in [0.4, 0.5) is 4.39 Å². The molecule has 0 fully saturated rings. The van der Waals surface area contributed by atoms with Crippen molar-refractivity contribution >= 4 is 23.2 Å². The van der Waals surface area contributed by atoms with Crippen molar-refractivity contribution in [3.63, 3.8) is 0 Å². The molecule has 0 saturated heterocycles. The van der Waals surface area contributed by atoms with Gasteiger partial charge < -0.3 is 14.8 Å². The van der Waals surface area contributed by atoms with Gasteiger partial charge in [-0.25, -0.2) is 14.2 Å². The molecule has 0 unspecified atom stereocenters. The molecule has 1 N–H and O–H groups in total. The Morgan fingerprint density at radius 1 is 1.10 bits per heavy atom. The maximum atomic E-state index is 13.0. The molecule has 1 amide bonds. The molecule has 3 aromatic rings. The third-order valence-electron chi connectivity index (χ3n) is 4.03. The molecule has 0 bridgehead atoms. The fourth-order valence-corrected chi connectivity index (χ4v) is 3.28. The van der Waals surface area contributed by atoms with Crippen LogP contribution in [0.25, 0.3) is 10.6 Å². The molecule has 150 valence electrons. The van der Waals surface area contributed by atoms with E-state index in [9.17, 15) is 14.0 Å². The molecule has 3 rings (SSSR count). The monoisotopic (exact) mass is 414 g/mol. The van der Waals surface area contributed by atoms with Crippen molar-refractivity contribution in [3.8, 4) is 16.3 Å². The van der Waals surface area contributed by atoms with E-state index in [1.54, 1.807) is 24.6 Å². The summed E-state index contributed by atoms with van der Waals surface area (Å²) in [6.07, 6.45) is 0.650. The lowest BCUT2D eigenvalue weighted by molar-refractivity contribution is -0.124. The molecule has 6 nitrogen and oxygen atoms in total. The molecule has 0 aliphatic rings. The van der Waals surface area contributed by atoms with Crippen LogP contribution in [0, 0.1) is 5.82 Å². The number of thiazole rings is 1. The van der Waals surface area contributed by atoms with Crippen LogP contribution in [0.3, 0.4) is 0 Å². The number of amides is 1. The zero-order valence-electron chi connectivity index (χ0n) is 15.7. The van der Waals surface area contributed by atoms with Crippen molar-refractivity contribution in [1.82, 2.24) is 10.3 Å². The van der Waals surface area contributed by atoms with Crippen molar-refractivity contribution in [2.75, 3.05) is 20.3 Å². The lowest BCUT2D eigenvalue weighted by Gasteiger charge is -2.06. The SMILES string of the molecule is COc1ccc(CCNC(=O)COC(=O)c2csc(-c3ccc(F)cc3)n2)cc1. The van der Waals surface area contributed by atoms with Crippen molar-refractivity contribution in [3.05, 3.63) is 71.0 Å². The number of hydrogen-bond donors (Lipinski definition) is 1. The minimum Gasteiger partial charge on any atom is -0.497 e. The van der Waals surface area contributed by atoms with Gasteiger partial charge in [0.15, 0.2) is 12.3 Å². The van der Waals surface area contributed by atoms with Gasteiger partial charge in [0, 0.05) is 17.5 Å². The number of methoxy groups -OCH3 is 1. The Hall–Kier alpha value is -3.26. The van der Waals surface area contributed by atoms with Gasteiger partial charge in [0.2, 0.25) is 0 Å². The molecule has 0 aliphatic carbocycles. The second-order valence-corrected chi connectivity index (χ2v) is 6.93. The summed E-state index contributed by atoms with van der Waals surface area (Å²) in [6.45, 7) is 0.0407. The summed E-state index contributed by atoms with van der Waals surface area (Å²) in [4.78, 5) is 28.1. The highest BCUT2D eigenvalue weighted by Crippen LogP contribution is 2.24. The number of nitrogens with zero attached hydrogens (tertiary/aromatic N) is 1. The second kappa shape index (κ2) is 9.79. The van der Waals surface area contributed by atoms with Crippen LogP contribution >= 0.6 is 11.3 Å². The van der Waals surface area contributed by atoms with E-state index in [-0.39, 0.29) is 24.0 Å². The molecule has 0 radical (unpaired) electrons.